The number of ether oxygens (including phenoxy) is 1. The summed E-state index contributed by atoms with van der Waals surface area (Å²) < 4.78 is 5.88. The molecule has 7 nitrogen and oxygen atoms in total. The van der Waals surface area contributed by atoms with Crippen molar-refractivity contribution in [2.75, 3.05) is 39.8 Å². The largest absolute Gasteiger partial charge is 0.377 e. The molecule has 2 saturated heterocycles. The molecule has 0 saturated carbocycles. The molecule has 0 radical (unpaired) electrons. The average Bonchev–Trinajstić information content (AvgIpc) is 3.21. The third-order valence-corrected chi connectivity index (χ3v) is 9.08. The molecule has 36 heavy (non-hydrogen) atoms. The molecule has 0 N–H and O–H groups in total. The second kappa shape index (κ2) is 9.84. The molecule has 194 valence electrons. The van der Waals surface area contributed by atoms with E-state index in [0.29, 0.717) is 17.6 Å². The monoisotopic (exact) mass is 491 g/mol. The van der Waals surface area contributed by atoms with Gasteiger partial charge in [-0.2, -0.15) is 0 Å². The van der Waals surface area contributed by atoms with Crippen molar-refractivity contribution in [1.29, 1.82) is 0 Å². The molecule has 3 aliphatic rings. The highest BCUT2D eigenvalue weighted by molar-refractivity contribution is 5.96. The van der Waals surface area contributed by atoms with Crippen LogP contribution < -0.4 is 0 Å². The highest BCUT2D eigenvalue weighted by Gasteiger charge is 2.43. The second-order valence-corrected chi connectivity index (χ2v) is 11.3. The number of amides is 1. The van der Waals surface area contributed by atoms with Crippen molar-refractivity contribution >= 4 is 5.91 Å². The molecule has 0 spiro atoms. The predicted octanol–water partition coefficient (Wildman–Crippen LogP) is 4.24. The van der Waals surface area contributed by atoms with Crippen molar-refractivity contribution in [2.24, 2.45) is 0 Å². The number of aromatic nitrogens is 2. The van der Waals surface area contributed by atoms with Gasteiger partial charge in [0.05, 0.1) is 23.1 Å². The Morgan fingerprint density at radius 2 is 1.72 bits per heavy atom. The molecule has 0 unspecified atom stereocenters. The van der Waals surface area contributed by atoms with Crippen LogP contribution in [0.4, 0.5) is 0 Å². The number of benzene rings is 1. The highest BCUT2D eigenvalue weighted by atomic mass is 16.5. The Morgan fingerprint density at radius 1 is 1.03 bits per heavy atom. The SMILES string of the molecule is CO[C@H]1C[C@H](N2CCN(C3(C)CCN(C(=O)c4c(C)ncnc4C)CC3)C[C@@H]2C)c2ccc(C)cc21. The van der Waals surface area contributed by atoms with Crippen LogP contribution in [0.2, 0.25) is 0 Å². The van der Waals surface area contributed by atoms with Gasteiger partial charge in [-0.25, -0.2) is 9.97 Å². The van der Waals surface area contributed by atoms with Crippen LogP contribution >= 0.6 is 0 Å². The summed E-state index contributed by atoms with van der Waals surface area (Å²) in [6, 6.07) is 7.77. The number of likely N-dealkylation sites (tertiary alicyclic amines) is 1. The number of nitrogens with zero attached hydrogens (tertiary/aromatic N) is 5. The highest BCUT2D eigenvalue weighted by Crippen LogP contribution is 2.46. The van der Waals surface area contributed by atoms with Crippen LogP contribution in [-0.2, 0) is 4.74 Å². The Bertz CT molecular complexity index is 1110. The van der Waals surface area contributed by atoms with Crippen LogP contribution in [0.15, 0.2) is 24.5 Å². The van der Waals surface area contributed by atoms with E-state index in [2.05, 4.69) is 58.7 Å². The number of piperidine rings is 1. The summed E-state index contributed by atoms with van der Waals surface area (Å²) in [5, 5.41) is 0. The van der Waals surface area contributed by atoms with E-state index in [1.807, 2.05) is 25.9 Å². The minimum absolute atomic E-state index is 0.0775. The summed E-state index contributed by atoms with van der Waals surface area (Å²) in [6.07, 6.45) is 4.76. The molecule has 0 bridgehead atoms. The van der Waals surface area contributed by atoms with Gasteiger partial charge in [-0.05, 0) is 65.0 Å². The summed E-state index contributed by atoms with van der Waals surface area (Å²) in [7, 11) is 1.84. The van der Waals surface area contributed by atoms with Crippen molar-refractivity contribution in [3.63, 3.8) is 0 Å². The Kier molecular flexibility index (Phi) is 6.92. The van der Waals surface area contributed by atoms with Gasteiger partial charge in [-0.15, -0.1) is 0 Å². The van der Waals surface area contributed by atoms with Gasteiger partial charge in [0.15, 0.2) is 0 Å². The molecule has 2 aliphatic heterocycles. The van der Waals surface area contributed by atoms with Gasteiger partial charge < -0.3 is 9.64 Å². The molecule has 5 rings (SSSR count). The molecule has 1 aromatic heterocycles. The number of piperazine rings is 1. The van der Waals surface area contributed by atoms with Gasteiger partial charge >= 0.3 is 0 Å². The second-order valence-electron chi connectivity index (χ2n) is 11.3. The quantitative estimate of drug-likeness (QED) is 0.638. The summed E-state index contributed by atoms with van der Waals surface area (Å²) in [5.41, 5.74) is 6.45. The molecule has 2 aromatic rings. The number of rotatable bonds is 4. The molecular weight excluding hydrogens is 450 g/mol. The minimum atomic E-state index is 0.0775. The van der Waals surface area contributed by atoms with Gasteiger partial charge in [-0.3, -0.25) is 14.6 Å². The number of fused-ring (bicyclic) bond motifs is 1. The van der Waals surface area contributed by atoms with Crippen molar-refractivity contribution in [3.05, 3.63) is 58.2 Å². The van der Waals surface area contributed by atoms with Gasteiger partial charge in [0.25, 0.3) is 5.91 Å². The van der Waals surface area contributed by atoms with Crippen LogP contribution in [0.3, 0.4) is 0 Å². The summed E-state index contributed by atoms with van der Waals surface area (Å²) in [6.45, 7) is 15.5. The first-order valence-electron chi connectivity index (χ1n) is 13.4. The van der Waals surface area contributed by atoms with Crippen LogP contribution in [0.1, 0.15) is 83.7 Å². The van der Waals surface area contributed by atoms with Crippen LogP contribution in [-0.4, -0.2) is 82.0 Å². The van der Waals surface area contributed by atoms with Crippen molar-refractivity contribution in [2.45, 2.75) is 77.6 Å². The van der Waals surface area contributed by atoms with Gasteiger partial charge in [0.1, 0.15) is 6.33 Å². The Balaban J connectivity index is 1.23. The molecule has 1 aromatic carbocycles. The van der Waals surface area contributed by atoms with E-state index in [1.54, 1.807) is 0 Å². The van der Waals surface area contributed by atoms with Gasteiger partial charge in [0.2, 0.25) is 0 Å². The maximum absolute atomic E-state index is 13.3. The third kappa shape index (κ3) is 4.46. The number of hydrogen-bond donors (Lipinski definition) is 0. The number of aryl methyl sites for hydroxylation is 3. The van der Waals surface area contributed by atoms with E-state index < -0.39 is 0 Å². The van der Waals surface area contributed by atoms with Gasteiger partial charge in [0, 0.05) is 57.5 Å². The molecule has 3 heterocycles. The van der Waals surface area contributed by atoms with E-state index in [9.17, 15) is 4.79 Å². The standard InChI is InChI=1S/C29H41N5O2/c1-19-7-8-23-24(15-19)26(36-6)16-25(23)34-14-13-33(17-20(34)2)29(5)9-11-32(12-10-29)28(35)27-21(3)30-18-31-22(27)4/h7-8,15,18,20,25-26H,9-14,16-17H2,1-6H3/t20-,25-,26-/m0/s1. The molecule has 7 heteroatoms. The lowest BCUT2D eigenvalue weighted by molar-refractivity contribution is -0.0347. The number of carbonyl (C=O) groups is 1. The van der Waals surface area contributed by atoms with E-state index in [4.69, 9.17) is 4.74 Å². The Morgan fingerprint density at radius 3 is 2.36 bits per heavy atom. The minimum Gasteiger partial charge on any atom is -0.377 e. The normalized spacial score (nSPS) is 26.7. The number of methoxy groups -OCH3 is 1. The van der Waals surface area contributed by atoms with Crippen LogP contribution in [0.5, 0.6) is 0 Å². The average molecular weight is 492 g/mol. The first kappa shape index (κ1) is 25.3. The fraction of sp³-hybridized carbons (Fsp3) is 0.621. The van der Waals surface area contributed by atoms with Gasteiger partial charge in [-0.1, -0.05) is 23.8 Å². The summed E-state index contributed by atoms with van der Waals surface area (Å²) >= 11 is 0. The first-order chi connectivity index (χ1) is 17.2. The van der Waals surface area contributed by atoms with E-state index in [1.165, 1.54) is 23.0 Å². The molecule has 1 aliphatic carbocycles. The maximum atomic E-state index is 13.3. The number of carbonyl (C=O) groups excluding carboxylic acids is 1. The molecule has 2 fully saturated rings. The summed E-state index contributed by atoms with van der Waals surface area (Å²) in [5.74, 6) is 0.0775. The molecule has 1 amide bonds. The van der Waals surface area contributed by atoms with Crippen molar-refractivity contribution < 1.29 is 9.53 Å². The van der Waals surface area contributed by atoms with Crippen LogP contribution in [0, 0.1) is 20.8 Å². The van der Waals surface area contributed by atoms with Crippen LogP contribution in [0.25, 0.3) is 0 Å². The smallest absolute Gasteiger partial charge is 0.257 e. The molecular formula is C29H41N5O2. The molecule has 3 atom stereocenters. The topological polar surface area (TPSA) is 61.8 Å². The van der Waals surface area contributed by atoms with E-state index in [0.717, 1.165) is 63.4 Å². The summed E-state index contributed by atoms with van der Waals surface area (Å²) in [4.78, 5) is 29.2. The number of hydrogen-bond acceptors (Lipinski definition) is 6. The zero-order chi connectivity index (χ0) is 25.6. The van der Waals surface area contributed by atoms with Crippen molar-refractivity contribution in [1.82, 2.24) is 24.7 Å². The fourth-order valence-corrected chi connectivity index (χ4v) is 6.76. The zero-order valence-corrected chi connectivity index (χ0v) is 22.8. The lowest BCUT2D eigenvalue weighted by Gasteiger charge is -2.52. The third-order valence-electron chi connectivity index (χ3n) is 9.08. The van der Waals surface area contributed by atoms with Crippen molar-refractivity contribution in [3.8, 4) is 0 Å². The maximum Gasteiger partial charge on any atom is 0.257 e. The lowest BCUT2D eigenvalue weighted by atomic mass is 9.86. The zero-order valence-electron chi connectivity index (χ0n) is 22.8. The lowest BCUT2D eigenvalue weighted by Crippen LogP contribution is -2.62. The van der Waals surface area contributed by atoms with E-state index >= 15 is 0 Å². The predicted molar refractivity (Wildman–Crippen MR) is 141 cm³/mol. The fourth-order valence-electron chi connectivity index (χ4n) is 6.76. The first-order valence-corrected chi connectivity index (χ1v) is 13.4. The Hall–Kier alpha value is -2.35. The Labute approximate surface area is 215 Å². The van der Waals surface area contributed by atoms with E-state index in [-0.39, 0.29) is 17.6 Å².